The number of anilines is 1. The Morgan fingerprint density at radius 1 is 1.22 bits per heavy atom. The lowest BCUT2D eigenvalue weighted by molar-refractivity contribution is 0.328. The van der Waals surface area contributed by atoms with Gasteiger partial charge in [-0.1, -0.05) is 20.8 Å². The predicted molar refractivity (Wildman–Crippen MR) is 93.1 cm³/mol. The normalized spacial score (nSPS) is 17.7. The van der Waals surface area contributed by atoms with Crippen molar-refractivity contribution in [2.45, 2.75) is 39.0 Å². The Morgan fingerprint density at radius 3 is 2.26 bits per heavy atom. The van der Waals surface area contributed by atoms with Crippen LogP contribution in [0.1, 0.15) is 39.3 Å². The number of piperidine rings is 1. The third kappa shape index (κ3) is 4.88. The molecule has 1 aromatic heterocycles. The molecule has 1 fully saturated rings. The second kappa shape index (κ2) is 6.73. The zero-order valence-corrected chi connectivity index (χ0v) is 15.6. The highest BCUT2D eigenvalue weighted by molar-refractivity contribution is 7.88. The number of aromatic nitrogens is 2. The van der Waals surface area contributed by atoms with Gasteiger partial charge in [-0.2, -0.15) is 5.10 Å². The van der Waals surface area contributed by atoms with Gasteiger partial charge in [0.05, 0.1) is 11.9 Å². The van der Waals surface area contributed by atoms with E-state index < -0.39 is 10.0 Å². The highest BCUT2D eigenvalue weighted by Crippen LogP contribution is 2.24. The van der Waals surface area contributed by atoms with Gasteiger partial charge >= 0.3 is 0 Å². The lowest BCUT2D eigenvalue weighted by Gasteiger charge is -2.34. The molecule has 2 heterocycles. The molecular weight excluding hydrogens is 312 g/mol. The molecule has 7 heteroatoms. The number of hydrogen-bond donors (Lipinski definition) is 0. The van der Waals surface area contributed by atoms with Crippen LogP contribution in [0.3, 0.4) is 0 Å². The Kier molecular flexibility index (Phi) is 5.30. The number of sulfonamides is 1. The van der Waals surface area contributed by atoms with Crippen LogP contribution in [-0.2, 0) is 15.4 Å². The van der Waals surface area contributed by atoms with E-state index in [-0.39, 0.29) is 5.41 Å². The fraction of sp³-hybridized carbons (Fsp3) is 0.750. The standard InChI is InChI=1S/C16H28N4O2S/c1-16(2,3)14-6-7-15(18-17-14)20-10-8-13(9-11-20)12-19(4)23(5,21)22/h6-7,13H,8-12H2,1-5H3. The van der Waals surface area contributed by atoms with Crippen LogP contribution in [0.25, 0.3) is 0 Å². The quantitative estimate of drug-likeness (QED) is 0.837. The molecule has 0 amide bonds. The van der Waals surface area contributed by atoms with Crippen LogP contribution in [0.5, 0.6) is 0 Å². The van der Waals surface area contributed by atoms with E-state index >= 15 is 0 Å². The molecule has 2 rings (SSSR count). The summed E-state index contributed by atoms with van der Waals surface area (Å²) in [6.07, 6.45) is 3.21. The summed E-state index contributed by atoms with van der Waals surface area (Å²) < 4.78 is 24.5. The van der Waals surface area contributed by atoms with E-state index in [0.717, 1.165) is 37.4 Å². The Morgan fingerprint density at radius 2 is 1.83 bits per heavy atom. The Balaban J connectivity index is 1.92. The summed E-state index contributed by atoms with van der Waals surface area (Å²) >= 11 is 0. The maximum absolute atomic E-state index is 11.5. The minimum atomic E-state index is -3.09. The molecule has 130 valence electrons. The summed E-state index contributed by atoms with van der Waals surface area (Å²) in [5.41, 5.74) is 1.00. The molecule has 0 spiro atoms. The summed E-state index contributed by atoms with van der Waals surface area (Å²) in [7, 11) is -1.44. The maximum Gasteiger partial charge on any atom is 0.210 e. The van der Waals surface area contributed by atoms with E-state index in [1.807, 2.05) is 12.1 Å². The van der Waals surface area contributed by atoms with Gasteiger partial charge in [0.15, 0.2) is 5.82 Å². The molecule has 0 saturated carbocycles. The number of rotatable bonds is 4. The van der Waals surface area contributed by atoms with Gasteiger partial charge in [0.2, 0.25) is 10.0 Å². The summed E-state index contributed by atoms with van der Waals surface area (Å²) in [4.78, 5) is 2.23. The van der Waals surface area contributed by atoms with Crippen LogP contribution in [0.4, 0.5) is 5.82 Å². The van der Waals surface area contributed by atoms with E-state index in [1.165, 1.54) is 10.6 Å². The average Bonchev–Trinajstić information content (AvgIpc) is 2.46. The largest absolute Gasteiger partial charge is 0.355 e. The molecule has 23 heavy (non-hydrogen) atoms. The lowest BCUT2D eigenvalue weighted by Crippen LogP contribution is -2.39. The van der Waals surface area contributed by atoms with Crippen LogP contribution >= 0.6 is 0 Å². The second-order valence-corrected chi connectivity index (χ2v) is 9.59. The Hall–Kier alpha value is -1.21. The van der Waals surface area contributed by atoms with Crippen molar-refractivity contribution in [1.82, 2.24) is 14.5 Å². The first-order valence-corrected chi connectivity index (χ1v) is 9.92. The fourth-order valence-corrected chi connectivity index (χ4v) is 3.22. The lowest BCUT2D eigenvalue weighted by atomic mass is 9.92. The van der Waals surface area contributed by atoms with Crippen LogP contribution in [0.15, 0.2) is 12.1 Å². The molecule has 1 aliphatic rings. The van der Waals surface area contributed by atoms with E-state index in [2.05, 4.69) is 35.9 Å². The minimum absolute atomic E-state index is 0.00868. The first-order valence-electron chi connectivity index (χ1n) is 8.08. The van der Waals surface area contributed by atoms with Gasteiger partial charge in [-0.15, -0.1) is 5.10 Å². The van der Waals surface area contributed by atoms with Crippen LogP contribution in [0, 0.1) is 5.92 Å². The van der Waals surface area contributed by atoms with E-state index in [1.54, 1.807) is 7.05 Å². The SMILES string of the molecule is CN(CC1CCN(c2ccc(C(C)(C)C)nn2)CC1)S(C)(=O)=O. The van der Waals surface area contributed by atoms with Gasteiger partial charge in [0, 0.05) is 32.1 Å². The zero-order chi connectivity index (χ0) is 17.3. The highest BCUT2D eigenvalue weighted by Gasteiger charge is 2.24. The summed E-state index contributed by atoms with van der Waals surface area (Å²) in [5.74, 6) is 1.32. The molecule has 0 N–H and O–H groups in total. The van der Waals surface area contributed by atoms with E-state index in [0.29, 0.717) is 12.5 Å². The van der Waals surface area contributed by atoms with Crippen molar-refractivity contribution < 1.29 is 8.42 Å². The molecule has 0 radical (unpaired) electrons. The molecule has 0 aromatic carbocycles. The molecule has 1 saturated heterocycles. The van der Waals surface area contributed by atoms with Gasteiger partial charge in [-0.25, -0.2) is 12.7 Å². The molecule has 6 nitrogen and oxygen atoms in total. The first-order chi connectivity index (χ1) is 10.6. The number of hydrogen-bond acceptors (Lipinski definition) is 5. The molecule has 0 aliphatic carbocycles. The van der Waals surface area contributed by atoms with Gasteiger partial charge in [-0.3, -0.25) is 0 Å². The second-order valence-electron chi connectivity index (χ2n) is 7.50. The van der Waals surface area contributed by atoms with Crippen molar-refractivity contribution >= 4 is 15.8 Å². The average molecular weight is 340 g/mol. The zero-order valence-electron chi connectivity index (χ0n) is 14.8. The van der Waals surface area contributed by atoms with E-state index in [9.17, 15) is 8.42 Å². The smallest absolute Gasteiger partial charge is 0.210 e. The summed E-state index contributed by atoms with van der Waals surface area (Å²) in [6.45, 7) is 8.76. The van der Waals surface area contributed by atoms with Crippen molar-refractivity contribution in [3.05, 3.63) is 17.8 Å². The maximum atomic E-state index is 11.5. The topological polar surface area (TPSA) is 66.4 Å². The highest BCUT2D eigenvalue weighted by atomic mass is 32.2. The molecule has 1 aromatic rings. The Bertz CT molecular complexity index is 614. The van der Waals surface area contributed by atoms with E-state index in [4.69, 9.17) is 0 Å². The van der Waals surface area contributed by atoms with Gasteiger partial charge in [-0.05, 0) is 30.9 Å². The summed E-state index contributed by atoms with van der Waals surface area (Å²) in [5, 5.41) is 8.71. The summed E-state index contributed by atoms with van der Waals surface area (Å²) in [6, 6.07) is 4.09. The van der Waals surface area contributed by atoms with Gasteiger partial charge in [0.25, 0.3) is 0 Å². The van der Waals surface area contributed by atoms with Crippen LogP contribution in [0.2, 0.25) is 0 Å². The third-order valence-corrected chi connectivity index (χ3v) is 5.72. The van der Waals surface area contributed by atoms with Crippen molar-refractivity contribution in [2.24, 2.45) is 5.92 Å². The van der Waals surface area contributed by atoms with Crippen molar-refractivity contribution in [3.8, 4) is 0 Å². The monoisotopic (exact) mass is 340 g/mol. The molecule has 1 aliphatic heterocycles. The Labute approximate surface area is 139 Å². The number of nitrogens with zero attached hydrogens (tertiary/aromatic N) is 4. The molecular formula is C16H28N4O2S. The first kappa shape index (κ1) is 18.1. The van der Waals surface area contributed by atoms with Gasteiger partial charge < -0.3 is 4.90 Å². The minimum Gasteiger partial charge on any atom is -0.355 e. The molecule has 0 unspecified atom stereocenters. The molecule has 0 atom stereocenters. The third-order valence-electron chi connectivity index (χ3n) is 4.44. The van der Waals surface area contributed by atoms with Crippen LogP contribution in [-0.4, -0.2) is 55.9 Å². The van der Waals surface area contributed by atoms with Crippen molar-refractivity contribution in [3.63, 3.8) is 0 Å². The molecule has 0 bridgehead atoms. The van der Waals surface area contributed by atoms with Crippen molar-refractivity contribution in [1.29, 1.82) is 0 Å². The predicted octanol–water partition coefficient (Wildman–Crippen LogP) is 1.88. The van der Waals surface area contributed by atoms with Crippen molar-refractivity contribution in [2.75, 3.05) is 37.8 Å². The fourth-order valence-electron chi connectivity index (χ4n) is 2.74. The van der Waals surface area contributed by atoms with Crippen LogP contribution < -0.4 is 4.90 Å². The van der Waals surface area contributed by atoms with Gasteiger partial charge in [0.1, 0.15) is 0 Å².